The minimum absolute atomic E-state index is 0.754. The average Bonchev–Trinajstić information content (AvgIpc) is 2.78. The summed E-state index contributed by atoms with van der Waals surface area (Å²) in [5.41, 5.74) is 0. The molecule has 0 bridgehead atoms. The van der Waals surface area contributed by atoms with E-state index in [2.05, 4.69) is 37.8 Å². The Hall–Kier alpha value is 0.310. The highest BCUT2D eigenvalue weighted by Crippen LogP contribution is 2.30. The van der Waals surface area contributed by atoms with Crippen LogP contribution in [0.25, 0.3) is 0 Å². The Bertz CT molecular complexity index is 176. The lowest BCUT2D eigenvalue weighted by Gasteiger charge is -2.20. The van der Waals surface area contributed by atoms with Gasteiger partial charge in [-0.2, -0.15) is 11.8 Å². The van der Waals surface area contributed by atoms with Gasteiger partial charge in [0.1, 0.15) is 0 Å². The normalized spacial score (nSPS) is 19.1. The molecule has 1 aliphatic rings. The Morgan fingerprint density at radius 3 is 2.47 bits per heavy atom. The lowest BCUT2D eigenvalue weighted by molar-refractivity contribution is 0.469. The number of rotatable bonds is 9. The molecule has 1 fully saturated rings. The van der Waals surface area contributed by atoms with Crippen LogP contribution in [0, 0.1) is 5.92 Å². The van der Waals surface area contributed by atoms with Crippen LogP contribution < -0.4 is 5.32 Å². The Kier molecular flexibility index (Phi) is 8.38. The first-order chi connectivity index (χ1) is 8.22. The van der Waals surface area contributed by atoms with Gasteiger partial charge >= 0.3 is 0 Å². The van der Waals surface area contributed by atoms with E-state index in [1.165, 1.54) is 50.7 Å². The smallest absolute Gasteiger partial charge is 0.0158 e. The van der Waals surface area contributed by atoms with Crippen LogP contribution in [0.5, 0.6) is 0 Å². The largest absolute Gasteiger partial charge is 0.313 e. The molecule has 0 amide bonds. The maximum Gasteiger partial charge on any atom is 0.0158 e. The fraction of sp³-hybridized carbons (Fsp3) is 1.00. The SMILES string of the molecule is CCNC(CCCC(C)C)CSC1CCCC1. The third-order valence-corrected chi connectivity index (χ3v) is 5.20. The molecule has 0 spiro atoms. The quantitative estimate of drug-likeness (QED) is 0.654. The van der Waals surface area contributed by atoms with E-state index in [1.54, 1.807) is 0 Å². The summed E-state index contributed by atoms with van der Waals surface area (Å²) in [5, 5.41) is 4.63. The fourth-order valence-electron chi connectivity index (χ4n) is 2.61. The molecule has 0 heterocycles. The summed E-state index contributed by atoms with van der Waals surface area (Å²) in [7, 11) is 0. The third kappa shape index (κ3) is 7.35. The molecule has 0 aromatic carbocycles. The van der Waals surface area contributed by atoms with Crippen molar-refractivity contribution in [3.05, 3.63) is 0 Å². The predicted molar refractivity (Wildman–Crippen MR) is 80.9 cm³/mol. The summed E-state index contributed by atoms with van der Waals surface area (Å²) in [5.74, 6) is 2.19. The first-order valence-electron chi connectivity index (χ1n) is 7.57. The van der Waals surface area contributed by atoms with E-state index < -0.39 is 0 Å². The summed E-state index contributed by atoms with van der Waals surface area (Å²) in [6, 6.07) is 0.754. The number of hydrogen-bond donors (Lipinski definition) is 1. The zero-order valence-corrected chi connectivity index (χ0v) is 12.8. The van der Waals surface area contributed by atoms with Gasteiger partial charge in [0.25, 0.3) is 0 Å². The molecule has 0 aromatic heterocycles. The third-order valence-electron chi connectivity index (χ3n) is 3.66. The molecular weight excluding hydrogens is 226 g/mol. The predicted octanol–water partition coefficient (Wildman–Crippen LogP) is 4.47. The van der Waals surface area contributed by atoms with Gasteiger partial charge < -0.3 is 5.32 Å². The van der Waals surface area contributed by atoms with Crippen molar-refractivity contribution in [3.8, 4) is 0 Å². The molecule has 1 atom stereocenters. The van der Waals surface area contributed by atoms with E-state index in [0.29, 0.717) is 0 Å². The van der Waals surface area contributed by atoms with Gasteiger partial charge in [-0.15, -0.1) is 0 Å². The maximum absolute atomic E-state index is 3.66. The molecule has 0 saturated heterocycles. The highest BCUT2D eigenvalue weighted by molar-refractivity contribution is 7.99. The Balaban J connectivity index is 2.12. The van der Waals surface area contributed by atoms with Gasteiger partial charge in [0, 0.05) is 17.0 Å². The van der Waals surface area contributed by atoms with Crippen molar-refractivity contribution in [2.75, 3.05) is 12.3 Å². The molecule has 0 aliphatic heterocycles. The van der Waals surface area contributed by atoms with Crippen molar-refractivity contribution >= 4 is 11.8 Å². The van der Waals surface area contributed by atoms with Gasteiger partial charge in [0.05, 0.1) is 0 Å². The van der Waals surface area contributed by atoms with E-state index in [4.69, 9.17) is 0 Å². The fourth-order valence-corrected chi connectivity index (χ4v) is 4.07. The second-order valence-electron chi connectivity index (χ2n) is 5.82. The zero-order chi connectivity index (χ0) is 12.5. The molecule has 1 aliphatic carbocycles. The van der Waals surface area contributed by atoms with Gasteiger partial charge in [-0.25, -0.2) is 0 Å². The van der Waals surface area contributed by atoms with Crippen LogP contribution in [0.2, 0.25) is 0 Å². The molecular formula is C15H31NS. The van der Waals surface area contributed by atoms with Gasteiger partial charge in [-0.05, 0) is 31.7 Å². The van der Waals surface area contributed by atoms with Gasteiger partial charge in [0.15, 0.2) is 0 Å². The first kappa shape index (κ1) is 15.4. The second-order valence-corrected chi connectivity index (χ2v) is 7.15. The van der Waals surface area contributed by atoms with Crippen molar-refractivity contribution in [1.82, 2.24) is 5.32 Å². The van der Waals surface area contributed by atoms with E-state index in [9.17, 15) is 0 Å². The molecule has 0 radical (unpaired) electrons. The number of hydrogen-bond acceptors (Lipinski definition) is 2. The van der Waals surface area contributed by atoms with Crippen molar-refractivity contribution in [2.45, 2.75) is 77.0 Å². The monoisotopic (exact) mass is 257 g/mol. The molecule has 1 saturated carbocycles. The topological polar surface area (TPSA) is 12.0 Å². The van der Waals surface area contributed by atoms with E-state index in [1.807, 2.05) is 0 Å². The summed E-state index contributed by atoms with van der Waals surface area (Å²) >= 11 is 2.23. The lowest BCUT2D eigenvalue weighted by Crippen LogP contribution is -2.31. The molecule has 2 heteroatoms. The van der Waals surface area contributed by atoms with Crippen LogP contribution in [-0.4, -0.2) is 23.6 Å². The highest BCUT2D eigenvalue weighted by Gasteiger charge is 2.17. The summed E-state index contributed by atoms with van der Waals surface area (Å²) in [6.07, 6.45) is 10.0. The molecule has 1 unspecified atom stereocenters. The Morgan fingerprint density at radius 1 is 1.18 bits per heavy atom. The highest BCUT2D eigenvalue weighted by atomic mass is 32.2. The minimum Gasteiger partial charge on any atom is -0.313 e. The zero-order valence-electron chi connectivity index (χ0n) is 12.0. The summed E-state index contributed by atoms with van der Waals surface area (Å²) < 4.78 is 0. The van der Waals surface area contributed by atoms with Crippen LogP contribution in [0.15, 0.2) is 0 Å². The Morgan fingerprint density at radius 2 is 1.88 bits per heavy atom. The summed E-state index contributed by atoms with van der Waals surface area (Å²) in [4.78, 5) is 0. The number of thioether (sulfide) groups is 1. The lowest BCUT2D eigenvalue weighted by atomic mass is 10.0. The van der Waals surface area contributed by atoms with Crippen LogP contribution >= 0.6 is 11.8 Å². The average molecular weight is 257 g/mol. The van der Waals surface area contributed by atoms with E-state index in [0.717, 1.165) is 23.8 Å². The molecule has 17 heavy (non-hydrogen) atoms. The van der Waals surface area contributed by atoms with Crippen molar-refractivity contribution in [1.29, 1.82) is 0 Å². The van der Waals surface area contributed by atoms with Crippen molar-refractivity contribution < 1.29 is 0 Å². The van der Waals surface area contributed by atoms with Gasteiger partial charge in [-0.1, -0.05) is 46.5 Å². The first-order valence-corrected chi connectivity index (χ1v) is 8.62. The Labute approximate surface area is 113 Å². The van der Waals surface area contributed by atoms with Crippen LogP contribution in [0.3, 0.4) is 0 Å². The van der Waals surface area contributed by atoms with E-state index >= 15 is 0 Å². The van der Waals surface area contributed by atoms with Crippen LogP contribution in [-0.2, 0) is 0 Å². The number of nitrogens with one attached hydrogen (secondary N) is 1. The molecule has 102 valence electrons. The molecule has 1 N–H and O–H groups in total. The van der Waals surface area contributed by atoms with E-state index in [-0.39, 0.29) is 0 Å². The molecule has 1 nitrogen and oxygen atoms in total. The molecule has 1 rings (SSSR count). The van der Waals surface area contributed by atoms with Crippen LogP contribution in [0.1, 0.15) is 65.7 Å². The van der Waals surface area contributed by atoms with Crippen molar-refractivity contribution in [3.63, 3.8) is 0 Å². The summed E-state index contributed by atoms with van der Waals surface area (Å²) in [6.45, 7) is 8.01. The van der Waals surface area contributed by atoms with Crippen molar-refractivity contribution in [2.24, 2.45) is 5.92 Å². The molecule has 0 aromatic rings. The second kappa shape index (κ2) is 9.27. The van der Waals surface area contributed by atoms with Gasteiger partial charge in [0.2, 0.25) is 0 Å². The standard InChI is InChI=1S/C15H31NS/c1-4-16-14(9-7-8-13(2)3)12-17-15-10-5-6-11-15/h13-16H,4-12H2,1-3H3. The minimum atomic E-state index is 0.754. The van der Waals surface area contributed by atoms with Gasteiger partial charge in [-0.3, -0.25) is 0 Å². The van der Waals surface area contributed by atoms with Crippen LogP contribution in [0.4, 0.5) is 0 Å². The maximum atomic E-state index is 3.66.